The number of hydrogen-bond donors (Lipinski definition) is 0. The van der Waals surface area contributed by atoms with Gasteiger partial charge in [-0.25, -0.2) is 0 Å². The van der Waals surface area contributed by atoms with Crippen LogP contribution in [0.4, 0.5) is 0 Å². The molecule has 0 N–H and O–H groups in total. The molecule has 1 aliphatic rings. The predicted molar refractivity (Wildman–Crippen MR) is 60.3 cm³/mol. The van der Waals surface area contributed by atoms with E-state index in [-0.39, 0.29) is 0 Å². The Labute approximate surface area is 91.6 Å². The summed E-state index contributed by atoms with van der Waals surface area (Å²) in [5, 5.41) is 0.916. The minimum Gasteiger partial charge on any atom is -0.469 e. The normalized spacial score (nSPS) is 18.5. The molecular formula is C11H18O3Si. The van der Waals surface area contributed by atoms with Gasteiger partial charge in [-0.2, -0.15) is 0 Å². The summed E-state index contributed by atoms with van der Waals surface area (Å²) in [5.74, 6) is 0. The zero-order chi connectivity index (χ0) is 10.7. The molecule has 1 aromatic rings. The molecule has 1 saturated carbocycles. The Hall–Kier alpha value is -0.583. The molecule has 2 rings (SSSR count). The maximum Gasteiger partial charge on any atom is 0.411 e. The Bertz CT molecular complexity index is 287. The predicted octanol–water partition coefficient (Wildman–Crippen LogP) is 2.17. The molecule has 0 bridgehead atoms. The van der Waals surface area contributed by atoms with E-state index in [1.54, 1.807) is 20.5 Å². The molecule has 0 saturated heterocycles. The number of rotatable bonds is 4. The van der Waals surface area contributed by atoms with Crippen molar-refractivity contribution in [2.75, 3.05) is 14.2 Å². The Kier molecular flexibility index (Phi) is 3.28. The van der Waals surface area contributed by atoms with Gasteiger partial charge in [0.2, 0.25) is 0 Å². The molecule has 0 unspecified atom stereocenters. The fourth-order valence-electron chi connectivity index (χ4n) is 2.60. The Morgan fingerprint density at radius 2 is 1.93 bits per heavy atom. The zero-order valence-electron chi connectivity index (χ0n) is 9.36. The van der Waals surface area contributed by atoms with Gasteiger partial charge in [-0.3, -0.25) is 0 Å². The third kappa shape index (κ3) is 1.77. The van der Waals surface area contributed by atoms with Crippen molar-refractivity contribution in [3.63, 3.8) is 0 Å². The van der Waals surface area contributed by atoms with Crippen LogP contribution in [0.1, 0.15) is 25.7 Å². The SMILES string of the molecule is CO[Si](OC)(c1ccco1)C1CCCC1. The average Bonchev–Trinajstić information content (AvgIpc) is 2.92. The monoisotopic (exact) mass is 226 g/mol. The second-order valence-electron chi connectivity index (χ2n) is 4.03. The van der Waals surface area contributed by atoms with Crippen LogP contribution in [0, 0.1) is 0 Å². The van der Waals surface area contributed by atoms with Crippen LogP contribution in [-0.4, -0.2) is 22.8 Å². The molecule has 0 amide bonds. The molecule has 1 heterocycles. The van der Waals surface area contributed by atoms with Crippen molar-refractivity contribution in [1.29, 1.82) is 0 Å². The van der Waals surface area contributed by atoms with Crippen molar-refractivity contribution < 1.29 is 13.3 Å². The fourth-order valence-corrected chi connectivity index (χ4v) is 5.97. The standard InChI is InChI=1S/C11H18O3Si/c1-12-15(13-2,10-6-3-4-7-10)11-8-5-9-14-11/h5,8-10H,3-4,6-7H2,1-2H3. The van der Waals surface area contributed by atoms with E-state index >= 15 is 0 Å². The van der Waals surface area contributed by atoms with Gasteiger partial charge >= 0.3 is 8.56 Å². The van der Waals surface area contributed by atoms with Crippen molar-refractivity contribution in [1.82, 2.24) is 0 Å². The second kappa shape index (κ2) is 4.51. The van der Waals surface area contributed by atoms with Crippen LogP contribution >= 0.6 is 0 Å². The lowest BCUT2D eigenvalue weighted by atomic mass is 10.4. The van der Waals surface area contributed by atoms with Crippen molar-refractivity contribution in [3.05, 3.63) is 18.4 Å². The van der Waals surface area contributed by atoms with Gasteiger partial charge in [0, 0.05) is 19.8 Å². The summed E-state index contributed by atoms with van der Waals surface area (Å²) in [6.45, 7) is 0. The average molecular weight is 226 g/mol. The molecule has 0 radical (unpaired) electrons. The van der Waals surface area contributed by atoms with Crippen molar-refractivity contribution in [2.45, 2.75) is 31.2 Å². The van der Waals surface area contributed by atoms with Crippen molar-refractivity contribution in [3.8, 4) is 0 Å². The summed E-state index contributed by atoms with van der Waals surface area (Å²) in [7, 11) is 1.19. The first kappa shape index (κ1) is 10.9. The molecule has 1 aliphatic carbocycles. The van der Waals surface area contributed by atoms with Gasteiger partial charge in [0.15, 0.2) is 0 Å². The first-order valence-corrected chi connectivity index (χ1v) is 7.37. The Morgan fingerprint density at radius 3 is 2.40 bits per heavy atom. The second-order valence-corrected chi connectivity index (χ2v) is 7.50. The summed E-state index contributed by atoms with van der Waals surface area (Å²) in [6.07, 6.45) is 6.67. The highest BCUT2D eigenvalue weighted by atomic mass is 28.4. The minimum atomic E-state index is -2.30. The van der Waals surface area contributed by atoms with Crippen LogP contribution in [0.3, 0.4) is 0 Å². The summed E-state index contributed by atoms with van der Waals surface area (Å²) in [5.41, 5.74) is 0.540. The van der Waals surface area contributed by atoms with Crippen molar-refractivity contribution in [2.24, 2.45) is 0 Å². The topological polar surface area (TPSA) is 31.6 Å². The van der Waals surface area contributed by atoms with Gasteiger partial charge in [0.05, 0.1) is 6.26 Å². The first-order valence-electron chi connectivity index (χ1n) is 5.48. The lowest BCUT2D eigenvalue weighted by Gasteiger charge is -2.30. The lowest BCUT2D eigenvalue weighted by Crippen LogP contribution is -2.55. The highest BCUT2D eigenvalue weighted by molar-refractivity contribution is 6.81. The van der Waals surface area contributed by atoms with E-state index < -0.39 is 8.56 Å². The maximum atomic E-state index is 5.74. The van der Waals surface area contributed by atoms with Crippen LogP contribution in [0.2, 0.25) is 5.54 Å². The Balaban J connectivity index is 2.30. The maximum absolute atomic E-state index is 5.74. The fraction of sp³-hybridized carbons (Fsp3) is 0.636. The molecule has 0 atom stereocenters. The van der Waals surface area contributed by atoms with Gasteiger partial charge in [0.1, 0.15) is 5.38 Å². The molecule has 1 fully saturated rings. The minimum absolute atomic E-state index is 0.540. The number of hydrogen-bond acceptors (Lipinski definition) is 3. The van der Waals surface area contributed by atoms with Crippen LogP contribution in [0.25, 0.3) is 0 Å². The van der Waals surface area contributed by atoms with Crippen molar-refractivity contribution >= 4 is 13.9 Å². The molecule has 15 heavy (non-hydrogen) atoms. The zero-order valence-corrected chi connectivity index (χ0v) is 10.4. The molecule has 3 nitrogen and oxygen atoms in total. The van der Waals surface area contributed by atoms with E-state index in [2.05, 4.69) is 0 Å². The highest BCUT2D eigenvalue weighted by Crippen LogP contribution is 2.38. The van der Waals surface area contributed by atoms with Crippen LogP contribution in [0.5, 0.6) is 0 Å². The van der Waals surface area contributed by atoms with E-state index in [9.17, 15) is 0 Å². The summed E-state index contributed by atoms with van der Waals surface area (Å²) < 4.78 is 17.0. The third-order valence-electron chi connectivity index (χ3n) is 3.36. The molecule has 4 heteroatoms. The van der Waals surface area contributed by atoms with Crippen LogP contribution in [-0.2, 0) is 8.85 Å². The summed E-state index contributed by atoms with van der Waals surface area (Å²) >= 11 is 0. The van der Waals surface area contributed by atoms with E-state index in [1.807, 2.05) is 12.1 Å². The molecule has 0 aromatic carbocycles. The van der Waals surface area contributed by atoms with E-state index in [0.717, 1.165) is 5.38 Å². The van der Waals surface area contributed by atoms with Gasteiger partial charge < -0.3 is 13.3 Å². The molecule has 1 aromatic heterocycles. The van der Waals surface area contributed by atoms with Gasteiger partial charge in [-0.15, -0.1) is 0 Å². The first-order chi connectivity index (χ1) is 7.33. The van der Waals surface area contributed by atoms with Gasteiger partial charge in [-0.05, 0) is 25.0 Å². The Morgan fingerprint density at radius 1 is 1.27 bits per heavy atom. The van der Waals surface area contributed by atoms with Gasteiger partial charge in [0.25, 0.3) is 0 Å². The molecule has 0 aliphatic heterocycles. The lowest BCUT2D eigenvalue weighted by molar-refractivity contribution is 0.237. The summed E-state index contributed by atoms with van der Waals surface area (Å²) in [4.78, 5) is 0. The van der Waals surface area contributed by atoms with E-state index in [0.29, 0.717) is 5.54 Å². The molecule has 0 spiro atoms. The smallest absolute Gasteiger partial charge is 0.411 e. The quantitative estimate of drug-likeness (QED) is 0.737. The largest absolute Gasteiger partial charge is 0.469 e. The molecular weight excluding hydrogens is 208 g/mol. The highest BCUT2D eigenvalue weighted by Gasteiger charge is 2.50. The van der Waals surface area contributed by atoms with Gasteiger partial charge in [-0.1, -0.05) is 12.8 Å². The molecule has 84 valence electrons. The van der Waals surface area contributed by atoms with E-state index in [4.69, 9.17) is 13.3 Å². The summed E-state index contributed by atoms with van der Waals surface area (Å²) in [6, 6.07) is 3.89. The third-order valence-corrected chi connectivity index (χ3v) is 7.20. The van der Waals surface area contributed by atoms with E-state index in [1.165, 1.54) is 25.7 Å². The van der Waals surface area contributed by atoms with Crippen LogP contribution in [0.15, 0.2) is 22.8 Å². The van der Waals surface area contributed by atoms with Crippen LogP contribution < -0.4 is 5.38 Å². The number of furan rings is 1.